The molecule has 4 rings (SSSR count). The van der Waals surface area contributed by atoms with Crippen LogP contribution in [0.5, 0.6) is 0 Å². The van der Waals surface area contributed by atoms with E-state index >= 15 is 0 Å². The Hall–Kier alpha value is -1.68. The SMILES string of the molecule is Cc1c(CCOC(=O)[C@@H]2C[C@@H]3CC[C@H]2C3)sc[n+]1Cc1ccccc1. The summed E-state index contributed by atoms with van der Waals surface area (Å²) in [4.78, 5) is 13.6. The van der Waals surface area contributed by atoms with E-state index in [9.17, 15) is 4.79 Å². The van der Waals surface area contributed by atoms with E-state index in [1.54, 1.807) is 11.3 Å². The molecule has 2 aliphatic rings. The Labute approximate surface area is 153 Å². The molecule has 3 nitrogen and oxygen atoms in total. The van der Waals surface area contributed by atoms with Crippen LogP contribution in [0.1, 0.15) is 41.8 Å². The number of hydrogen-bond acceptors (Lipinski definition) is 3. The van der Waals surface area contributed by atoms with Crippen molar-refractivity contribution in [2.24, 2.45) is 17.8 Å². The molecule has 0 N–H and O–H groups in total. The van der Waals surface area contributed by atoms with E-state index in [0.29, 0.717) is 12.5 Å². The highest BCUT2D eigenvalue weighted by Crippen LogP contribution is 2.48. The molecule has 2 aromatic rings. The van der Waals surface area contributed by atoms with Crippen molar-refractivity contribution in [1.82, 2.24) is 0 Å². The minimum atomic E-state index is 0.0542. The largest absolute Gasteiger partial charge is 0.465 e. The zero-order valence-electron chi connectivity index (χ0n) is 14.8. The number of rotatable bonds is 6. The van der Waals surface area contributed by atoms with Gasteiger partial charge in [0.1, 0.15) is 0 Å². The highest BCUT2D eigenvalue weighted by molar-refractivity contribution is 7.09. The molecule has 25 heavy (non-hydrogen) atoms. The van der Waals surface area contributed by atoms with E-state index in [0.717, 1.165) is 25.3 Å². The van der Waals surface area contributed by atoms with Crippen molar-refractivity contribution in [3.05, 3.63) is 52.0 Å². The standard InChI is InChI=1S/C21H26NO2S/c1-15-20(25-14-22(15)13-16-5-3-2-4-6-16)9-10-24-21(23)19-12-17-7-8-18(19)11-17/h2-6,14,17-19H,7-13H2,1H3/q+1/t17-,18+,19-/m1/s1. The fourth-order valence-corrected chi connectivity index (χ4v) is 5.49. The maximum absolute atomic E-state index is 12.3. The molecule has 0 amide bonds. The van der Waals surface area contributed by atoms with Crippen LogP contribution in [0.2, 0.25) is 0 Å². The molecule has 4 heteroatoms. The van der Waals surface area contributed by atoms with Crippen molar-refractivity contribution < 1.29 is 14.1 Å². The minimum absolute atomic E-state index is 0.0542. The molecule has 2 fully saturated rings. The van der Waals surface area contributed by atoms with Crippen molar-refractivity contribution in [2.45, 2.75) is 45.6 Å². The Morgan fingerprint density at radius 3 is 2.80 bits per heavy atom. The third-order valence-corrected chi connectivity index (χ3v) is 7.11. The van der Waals surface area contributed by atoms with E-state index in [1.807, 2.05) is 6.07 Å². The smallest absolute Gasteiger partial charge is 0.309 e. The van der Waals surface area contributed by atoms with E-state index < -0.39 is 0 Å². The van der Waals surface area contributed by atoms with Gasteiger partial charge in [0.05, 0.1) is 17.4 Å². The zero-order chi connectivity index (χ0) is 17.2. The van der Waals surface area contributed by atoms with Crippen molar-refractivity contribution in [2.75, 3.05) is 6.61 Å². The van der Waals surface area contributed by atoms with Crippen molar-refractivity contribution in [3.8, 4) is 0 Å². The third kappa shape index (κ3) is 3.64. The summed E-state index contributed by atoms with van der Waals surface area (Å²) in [6.07, 6.45) is 5.70. The summed E-state index contributed by atoms with van der Waals surface area (Å²) in [6.45, 7) is 3.57. The molecule has 0 unspecified atom stereocenters. The Morgan fingerprint density at radius 2 is 2.08 bits per heavy atom. The number of aromatic nitrogens is 1. The second kappa shape index (κ2) is 7.28. The average molecular weight is 357 g/mol. The van der Waals surface area contributed by atoms with Crippen molar-refractivity contribution >= 4 is 17.3 Å². The highest BCUT2D eigenvalue weighted by Gasteiger charge is 2.43. The van der Waals surface area contributed by atoms with E-state index in [4.69, 9.17) is 4.74 Å². The van der Waals surface area contributed by atoms with Crippen LogP contribution in [-0.4, -0.2) is 12.6 Å². The third-order valence-electron chi connectivity index (χ3n) is 5.97. The first-order chi connectivity index (χ1) is 12.2. The quantitative estimate of drug-likeness (QED) is 0.580. The monoisotopic (exact) mass is 356 g/mol. The molecule has 0 radical (unpaired) electrons. The lowest BCUT2D eigenvalue weighted by Crippen LogP contribution is -2.35. The maximum atomic E-state index is 12.3. The second-order valence-electron chi connectivity index (χ2n) is 7.54. The molecule has 0 spiro atoms. The van der Waals surface area contributed by atoms with Crippen LogP contribution >= 0.6 is 11.3 Å². The number of nitrogens with zero attached hydrogens (tertiary/aromatic N) is 1. The second-order valence-corrected chi connectivity index (χ2v) is 8.48. The van der Waals surface area contributed by atoms with Gasteiger partial charge in [-0.1, -0.05) is 48.1 Å². The van der Waals surface area contributed by atoms with Crippen molar-refractivity contribution in [3.63, 3.8) is 0 Å². The van der Waals surface area contributed by atoms with E-state index in [2.05, 4.69) is 41.3 Å². The number of ether oxygens (including phenoxy) is 1. The first-order valence-corrected chi connectivity index (χ1v) is 10.3. The van der Waals surface area contributed by atoms with Gasteiger partial charge >= 0.3 is 5.97 Å². The number of esters is 1. The molecule has 0 saturated heterocycles. The molecule has 0 aliphatic heterocycles. The van der Waals surface area contributed by atoms with Gasteiger partial charge in [-0.25, -0.2) is 0 Å². The lowest BCUT2D eigenvalue weighted by atomic mass is 9.89. The fraction of sp³-hybridized carbons (Fsp3) is 0.524. The zero-order valence-corrected chi connectivity index (χ0v) is 15.6. The summed E-state index contributed by atoms with van der Waals surface area (Å²) in [5, 5.41) is 0. The molecule has 1 aromatic heterocycles. The van der Waals surface area contributed by atoms with Gasteiger partial charge in [0.15, 0.2) is 12.2 Å². The number of thiazole rings is 1. The van der Waals surface area contributed by atoms with E-state index in [1.165, 1.54) is 35.4 Å². The van der Waals surface area contributed by atoms with Gasteiger partial charge in [-0.15, -0.1) is 0 Å². The summed E-state index contributed by atoms with van der Waals surface area (Å²) >= 11 is 1.76. The highest BCUT2D eigenvalue weighted by atomic mass is 32.1. The predicted octanol–water partition coefficient (Wildman–Crippen LogP) is 3.91. The van der Waals surface area contributed by atoms with Gasteiger partial charge in [-0.05, 0) is 31.1 Å². The van der Waals surface area contributed by atoms with Gasteiger partial charge in [0.25, 0.3) is 0 Å². The summed E-state index contributed by atoms with van der Waals surface area (Å²) in [6, 6.07) is 10.5. The van der Waals surface area contributed by atoms with Crippen LogP contribution in [0, 0.1) is 24.7 Å². The summed E-state index contributed by atoms with van der Waals surface area (Å²) in [5.41, 5.74) is 4.77. The van der Waals surface area contributed by atoms with Gasteiger partial charge < -0.3 is 4.74 Å². The van der Waals surface area contributed by atoms with Crippen LogP contribution in [0.25, 0.3) is 0 Å². The van der Waals surface area contributed by atoms with Crippen LogP contribution in [0.4, 0.5) is 0 Å². The first kappa shape index (κ1) is 16.8. The predicted molar refractivity (Wildman–Crippen MR) is 98.4 cm³/mol. The van der Waals surface area contributed by atoms with E-state index in [-0.39, 0.29) is 11.9 Å². The van der Waals surface area contributed by atoms with Crippen LogP contribution < -0.4 is 4.57 Å². The van der Waals surface area contributed by atoms with Crippen LogP contribution in [-0.2, 0) is 22.5 Å². The number of carbonyl (C=O) groups excluding carboxylic acids is 1. The normalized spacial score (nSPS) is 24.6. The number of carbonyl (C=O) groups is 1. The van der Waals surface area contributed by atoms with Gasteiger partial charge in [-0.2, -0.15) is 4.57 Å². The molecular formula is C21H26NO2S+. The van der Waals surface area contributed by atoms with Gasteiger partial charge in [0.2, 0.25) is 5.51 Å². The number of hydrogen-bond donors (Lipinski definition) is 0. The molecule has 2 saturated carbocycles. The van der Waals surface area contributed by atoms with Gasteiger partial charge in [-0.3, -0.25) is 4.79 Å². The molecule has 1 heterocycles. The Morgan fingerprint density at radius 1 is 1.24 bits per heavy atom. The topological polar surface area (TPSA) is 30.2 Å². The fourth-order valence-electron chi connectivity index (χ4n) is 4.51. The summed E-state index contributed by atoms with van der Waals surface area (Å²) in [7, 11) is 0. The lowest BCUT2D eigenvalue weighted by molar-refractivity contribution is -0.689. The number of fused-ring (bicyclic) bond motifs is 2. The molecule has 132 valence electrons. The Bertz CT molecular complexity index is 740. The molecule has 2 aliphatic carbocycles. The molecular weight excluding hydrogens is 330 g/mol. The van der Waals surface area contributed by atoms with Crippen molar-refractivity contribution in [1.29, 1.82) is 0 Å². The molecule has 3 atom stereocenters. The first-order valence-electron chi connectivity index (χ1n) is 9.37. The number of benzene rings is 1. The minimum Gasteiger partial charge on any atom is -0.465 e. The summed E-state index contributed by atoms with van der Waals surface area (Å²) in [5.74, 6) is 1.64. The maximum Gasteiger partial charge on any atom is 0.309 e. The van der Waals surface area contributed by atoms with Gasteiger partial charge in [0, 0.05) is 18.9 Å². The lowest BCUT2D eigenvalue weighted by Gasteiger charge is -2.19. The van der Waals surface area contributed by atoms with Crippen LogP contribution in [0.3, 0.4) is 0 Å². The Balaban J connectivity index is 1.29. The Kier molecular flexibility index (Phi) is 4.89. The van der Waals surface area contributed by atoms with Crippen LogP contribution in [0.15, 0.2) is 35.8 Å². The molecule has 2 bridgehead atoms. The summed E-state index contributed by atoms with van der Waals surface area (Å²) < 4.78 is 7.91. The average Bonchev–Trinajstić information content (AvgIpc) is 3.34. The molecule has 1 aromatic carbocycles.